The molecule has 1 aliphatic heterocycles. The van der Waals surface area contributed by atoms with Crippen molar-refractivity contribution >= 4 is 22.5 Å². The molecule has 1 saturated heterocycles. The molecule has 3 aromatic rings. The van der Waals surface area contributed by atoms with Crippen LogP contribution >= 0.6 is 0 Å². The van der Waals surface area contributed by atoms with Crippen LogP contribution < -0.4 is 16.3 Å². The number of aryl methyl sites for hydroxylation is 1. The molecule has 1 aromatic carbocycles. The molecule has 0 bridgehead atoms. The molecule has 1 aliphatic carbocycles. The first-order valence-electron chi connectivity index (χ1n) is 12.2. The number of ketones is 1. The lowest BCUT2D eigenvalue weighted by molar-refractivity contribution is 0.0956. The lowest BCUT2D eigenvalue weighted by atomic mass is 9.87. The molecule has 180 valence electrons. The van der Waals surface area contributed by atoms with Crippen LogP contribution in [0.5, 0.6) is 0 Å². The summed E-state index contributed by atoms with van der Waals surface area (Å²) in [7, 11) is 0. The zero-order chi connectivity index (χ0) is 24.4. The molecule has 1 fully saturated rings. The normalized spacial score (nSPS) is 18.4. The van der Waals surface area contributed by atoms with Gasteiger partial charge in [-0.3, -0.25) is 14.5 Å². The van der Waals surface area contributed by atoms with E-state index in [1.54, 1.807) is 0 Å². The van der Waals surface area contributed by atoms with Gasteiger partial charge < -0.3 is 10.7 Å². The molecule has 9 nitrogen and oxygen atoms in total. The van der Waals surface area contributed by atoms with Crippen LogP contribution in [-0.2, 0) is 12.8 Å². The van der Waals surface area contributed by atoms with Gasteiger partial charge in [-0.15, -0.1) is 0 Å². The van der Waals surface area contributed by atoms with Gasteiger partial charge in [-0.1, -0.05) is 18.2 Å². The van der Waals surface area contributed by atoms with Crippen molar-refractivity contribution in [3.05, 3.63) is 63.8 Å². The van der Waals surface area contributed by atoms with Gasteiger partial charge in [-0.05, 0) is 37.6 Å². The Labute approximate surface area is 203 Å². The zero-order valence-electron chi connectivity index (χ0n) is 19.7. The number of nitrogens with two attached hydrogens (primary N) is 1. The van der Waals surface area contributed by atoms with Gasteiger partial charge in [0.15, 0.2) is 5.78 Å². The van der Waals surface area contributed by atoms with E-state index in [1.165, 1.54) is 0 Å². The highest BCUT2D eigenvalue weighted by atomic mass is 16.2. The molecule has 9 heteroatoms. The molecular weight excluding hydrogens is 442 g/mol. The molecule has 2 N–H and O–H groups in total. The van der Waals surface area contributed by atoms with Gasteiger partial charge in [0, 0.05) is 50.8 Å². The number of benzene rings is 1. The monoisotopic (exact) mass is 471 g/mol. The summed E-state index contributed by atoms with van der Waals surface area (Å²) in [5.41, 5.74) is 1.01. The van der Waals surface area contributed by atoms with Gasteiger partial charge >= 0.3 is 0 Å². The van der Waals surface area contributed by atoms with Gasteiger partial charge in [0.05, 0.1) is 23.2 Å². The van der Waals surface area contributed by atoms with Crippen molar-refractivity contribution in [3.8, 4) is 6.07 Å². The number of anilines is 1. The van der Waals surface area contributed by atoms with Crippen LogP contribution in [0, 0.1) is 17.2 Å². The fourth-order valence-corrected chi connectivity index (χ4v) is 5.00. The summed E-state index contributed by atoms with van der Waals surface area (Å²) in [6, 6.07) is 14.5. The van der Waals surface area contributed by atoms with Crippen molar-refractivity contribution in [1.29, 1.82) is 5.26 Å². The number of nitrogen functional groups attached to an aromatic ring is 1. The Bertz CT molecular complexity index is 1350. The summed E-state index contributed by atoms with van der Waals surface area (Å²) >= 11 is 0. The maximum atomic E-state index is 12.6. The Balaban J connectivity index is 1.13. The highest BCUT2D eigenvalue weighted by molar-refractivity contribution is 5.98. The molecule has 2 aliphatic rings. The molecule has 1 atom stereocenters. The summed E-state index contributed by atoms with van der Waals surface area (Å²) in [6.07, 6.45) is 2.75. The van der Waals surface area contributed by atoms with Gasteiger partial charge in [0.2, 0.25) is 0 Å². The Kier molecular flexibility index (Phi) is 6.47. The lowest BCUT2D eigenvalue weighted by Gasteiger charge is -2.35. The number of piperazine rings is 1. The van der Waals surface area contributed by atoms with Crippen molar-refractivity contribution in [3.63, 3.8) is 0 Å². The largest absolute Gasteiger partial charge is 0.354 e. The topological polar surface area (TPSA) is 121 Å². The smallest absolute Gasteiger partial charge is 0.283 e. The van der Waals surface area contributed by atoms with Crippen molar-refractivity contribution < 1.29 is 4.79 Å². The van der Waals surface area contributed by atoms with E-state index in [9.17, 15) is 14.9 Å². The van der Waals surface area contributed by atoms with Crippen LogP contribution in [0.4, 0.5) is 5.82 Å². The third-order valence-electron chi connectivity index (χ3n) is 7.00. The highest BCUT2D eigenvalue weighted by Crippen LogP contribution is 2.22. The molecule has 0 amide bonds. The number of nitrogens with zero attached hydrogens (tertiary/aromatic N) is 6. The second-order valence-corrected chi connectivity index (χ2v) is 9.33. The van der Waals surface area contributed by atoms with Gasteiger partial charge in [0.1, 0.15) is 17.2 Å². The van der Waals surface area contributed by atoms with E-state index in [0.717, 1.165) is 67.0 Å². The fourth-order valence-electron chi connectivity index (χ4n) is 5.00. The number of para-hydroxylation sites is 1. The van der Waals surface area contributed by atoms with Gasteiger partial charge in [-0.25, -0.2) is 14.6 Å². The van der Waals surface area contributed by atoms with Crippen molar-refractivity contribution in [2.45, 2.75) is 32.1 Å². The minimum absolute atomic E-state index is 0.0570. The SMILES string of the molecule is N#CC1CC(=O)c2c(nc(CCCCN3CCN(c4ccc5ccccc5n4)CC3)n(N)c2=O)C1. The lowest BCUT2D eigenvalue weighted by Crippen LogP contribution is -2.46. The average molecular weight is 472 g/mol. The predicted octanol–water partition coefficient (Wildman–Crippen LogP) is 1.92. The third kappa shape index (κ3) is 4.75. The highest BCUT2D eigenvalue weighted by Gasteiger charge is 2.30. The number of pyridine rings is 1. The summed E-state index contributed by atoms with van der Waals surface area (Å²) in [4.78, 5) is 39.0. The predicted molar refractivity (Wildman–Crippen MR) is 134 cm³/mol. The first kappa shape index (κ1) is 23.0. The van der Waals surface area contributed by atoms with Crippen molar-refractivity contribution in [2.75, 3.05) is 43.5 Å². The van der Waals surface area contributed by atoms with Crippen LogP contribution in [0.3, 0.4) is 0 Å². The molecular formula is C26H29N7O2. The first-order valence-corrected chi connectivity index (χ1v) is 12.2. The number of carbonyl (C=O) groups is 1. The number of nitriles is 1. The number of unbranched alkanes of at least 4 members (excludes halogenated alkanes) is 1. The Morgan fingerprint density at radius 2 is 1.80 bits per heavy atom. The molecule has 2 aromatic heterocycles. The number of Topliss-reactive ketones (excluding diaryl/α,β-unsaturated/α-hetero) is 1. The van der Waals surface area contributed by atoms with E-state index in [1.807, 2.05) is 18.2 Å². The summed E-state index contributed by atoms with van der Waals surface area (Å²) in [5, 5.41) is 10.4. The van der Waals surface area contributed by atoms with Crippen LogP contribution in [-0.4, -0.2) is 58.1 Å². The quantitative estimate of drug-likeness (QED) is 0.428. The van der Waals surface area contributed by atoms with E-state index in [4.69, 9.17) is 10.8 Å². The molecule has 1 unspecified atom stereocenters. The summed E-state index contributed by atoms with van der Waals surface area (Å²) in [5.74, 6) is 6.72. The minimum Gasteiger partial charge on any atom is -0.354 e. The van der Waals surface area contributed by atoms with Crippen molar-refractivity contribution in [1.82, 2.24) is 19.5 Å². The zero-order valence-corrected chi connectivity index (χ0v) is 19.7. The second kappa shape index (κ2) is 9.84. The maximum Gasteiger partial charge on any atom is 0.283 e. The molecule has 0 saturated carbocycles. The van der Waals surface area contributed by atoms with E-state index >= 15 is 0 Å². The molecule has 35 heavy (non-hydrogen) atoms. The standard InChI is InChI=1S/C26H29N7O2/c27-17-18-15-21-25(22(34)16-18)26(35)33(28)24(30-21)7-3-4-10-31-11-13-32(14-12-31)23-9-8-19-5-1-2-6-20(19)29-23/h1-2,5-6,8-9,18H,3-4,7,10-16,28H2. The van der Waals surface area contributed by atoms with Gasteiger partial charge in [0.25, 0.3) is 5.56 Å². The second-order valence-electron chi connectivity index (χ2n) is 9.33. The number of hydrogen-bond donors (Lipinski definition) is 1. The number of rotatable bonds is 6. The van der Waals surface area contributed by atoms with E-state index < -0.39 is 11.5 Å². The maximum absolute atomic E-state index is 12.6. The van der Waals surface area contributed by atoms with Crippen LogP contribution in [0.2, 0.25) is 0 Å². The molecule has 0 spiro atoms. The number of carbonyl (C=O) groups excluding carboxylic acids is 1. The first-order chi connectivity index (χ1) is 17.0. The van der Waals surface area contributed by atoms with E-state index in [2.05, 4.69) is 39.1 Å². The fraction of sp³-hybridized carbons (Fsp3) is 0.423. The van der Waals surface area contributed by atoms with Gasteiger partial charge in [-0.2, -0.15) is 5.26 Å². The number of aromatic nitrogens is 3. The Morgan fingerprint density at radius 3 is 2.60 bits per heavy atom. The average Bonchev–Trinajstić information content (AvgIpc) is 2.89. The molecule has 0 radical (unpaired) electrons. The number of hydrogen-bond acceptors (Lipinski definition) is 8. The summed E-state index contributed by atoms with van der Waals surface area (Å²) < 4.78 is 1.01. The molecule has 3 heterocycles. The van der Waals surface area contributed by atoms with E-state index in [-0.39, 0.29) is 17.8 Å². The Hall–Kier alpha value is -3.77. The molecule has 5 rings (SSSR count). The summed E-state index contributed by atoms with van der Waals surface area (Å²) in [6.45, 7) is 4.80. The minimum atomic E-state index is -0.496. The third-order valence-corrected chi connectivity index (χ3v) is 7.00. The van der Waals surface area contributed by atoms with Crippen molar-refractivity contribution in [2.24, 2.45) is 5.92 Å². The van der Waals surface area contributed by atoms with Crippen LogP contribution in [0.15, 0.2) is 41.2 Å². The van der Waals surface area contributed by atoms with Crippen LogP contribution in [0.1, 0.15) is 41.1 Å². The Morgan fingerprint density at radius 1 is 1.00 bits per heavy atom. The van der Waals surface area contributed by atoms with E-state index in [0.29, 0.717) is 24.4 Å². The van der Waals surface area contributed by atoms with Crippen LogP contribution in [0.25, 0.3) is 10.9 Å². The number of fused-ring (bicyclic) bond motifs is 2.